The van der Waals surface area contributed by atoms with Gasteiger partial charge >= 0.3 is 10.4 Å². The molecule has 5 atom stereocenters. The van der Waals surface area contributed by atoms with Crippen LogP contribution in [0.15, 0.2) is 24.3 Å². The number of unbranched alkanes of at least 4 members (excludes halogenated alkanes) is 5. The Morgan fingerprint density at radius 1 is 0.967 bits per heavy atom. The van der Waals surface area contributed by atoms with Crippen molar-refractivity contribution < 1.29 is 41.9 Å². The Labute approximate surface area is 177 Å². The van der Waals surface area contributed by atoms with Gasteiger partial charge in [0.25, 0.3) is 0 Å². The highest BCUT2D eigenvalue weighted by atomic mass is 32.3. The molecule has 0 unspecified atom stereocenters. The van der Waals surface area contributed by atoms with Crippen LogP contribution in [0.25, 0.3) is 0 Å². The van der Waals surface area contributed by atoms with Crippen LogP contribution >= 0.6 is 0 Å². The van der Waals surface area contributed by atoms with Gasteiger partial charge in [-0.1, -0.05) is 57.2 Å². The van der Waals surface area contributed by atoms with Crippen LogP contribution in [0, 0.1) is 0 Å². The number of rotatable bonds is 12. The van der Waals surface area contributed by atoms with Gasteiger partial charge in [-0.15, -0.1) is 0 Å². The largest absolute Gasteiger partial charge is 0.451 e. The lowest BCUT2D eigenvalue weighted by Gasteiger charge is -2.38. The van der Waals surface area contributed by atoms with Gasteiger partial charge < -0.3 is 29.3 Å². The maximum atomic E-state index is 12.4. The third kappa shape index (κ3) is 7.16. The SMILES string of the molecule is CCCCCCCCc1ccccc1OS(=O)(=O)O[C@@H]1O[C@H](CO)[C@@H](O)[C@H](O)[C@H]1O. The minimum absolute atomic E-state index is 0.107. The minimum Gasteiger partial charge on any atom is -0.394 e. The Morgan fingerprint density at radius 3 is 2.33 bits per heavy atom. The molecule has 1 aromatic carbocycles. The highest BCUT2D eigenvalue weighted by Crippen LogP contribution is 2.26. The van der Waals surface area contributed by atoms with Gasteiger partial charge in [-0.05, 0) is 24.5 Å². The van der Waals surface area contributed by atoms with E-state index in [-0.39, 0.29) is 5.75 Å². The fraction of sp³-hybridized carbons (Fsp3) is 0.700. The summed E-state index contributed by atoms with van der Waals surface area (Å²) in [5.74, 6) is 0.107. The zero-order chi connectivity index (χ0) is 22.1. The molecule has 0 saturated carbocycles. The molecule has 4 N–H and O–H groups in total. The van der Waals surface area contributed by atoms with Crippen molar-refractivity contribution >= 4 is 10.4 Å². The van der Waals surface area contributed by atoms with E-state index in [1.807, 2.05) is 0 Å². The molecule has 0 radical (unpaired) electrons. The van der Waals surface area contributed by atoms with E-state index in [2.05, 4.69) is 6.92 Å². The Hall–Kier alpha value is -1.27. The molecule has 1 saturated heterocycles. The molecule has 1 fully saturated rings. The summed E-state index contributed by atoms with van der Waals surface area (Å²) in [6.07, 6.45) is -1.12. The quantitative estimate of drug-likeness (QED) is 0.345. The number of aryl methyl sites for hydroxylation is 1. The van der Waals surface area contributed by atoms with Crippen molar-refractivity contribution in [2.24, 2.45) is 0 Å². The Morgan fingerprint density at radius 2 is 1.63 bits per heavy atom. The van der Waals surface area contributed by atoms with E-state index < -0.39 is 47.7 Å². The second-order valence-electron chi connectivity index (χ2n) is 7.41. The number of hydrogen-bond donors (Lipinski definition) is 4. The lowest BCUT2D eigenvalue weighted by molar-refractivity contribution is -0.277. The Bertz CT molecular complexity index is 738. The Kier molecular flexibility index (Phi) is 9.95. The average Bonchev–Trinajstić information content (AvgIpc) is 2.71. The van der Waals surface area contributed by atoms with Crippen LogP contribution in [0.1, 0.15) is 51.0 Å². The van der Waals surface area contributed by atoms with E-state index in [9.17, 15) is 28.8 Å². The zero-order valence-corrected chi connectivity index (χ0v) is 17.9. The van der Waals surface area contributed by atoms with Gasteiger partial charge in [-0.3, -0.25) is 0 Å². The number of aliphatic hydroxyl groups excluding tert-OH is 4. The molecule has 0 spiro atoms. The van der Waals surface area contributed by atoms with Crippen LogP contribution in [0.3, 0.4) is 0 Å². The number of hydrogen-bond acceptors (Lipinski definition) is 9. The summed E-state index contributed by atoms with van der Waals surface area (Å²) in [7, 11) is -4.66. The fourth-order valence-electron chi connectivity index (χ4n) is 3.28. The van der Waals surface area contributed by atoms with Gasteiger partial charge in [-0.2, -0.15) is 8.42 Å². The third-order valence-corrected chi connectivity index (χ3v) is 5.83. The van der Waals surface area contributed by atoms with Gasteiger partial charge in [0.1, 0.15) is 30.2 Å². The van der Waals surface area contributed by atoms with Crippen LogP contribution in [0.5, 0.6) is 5.75 Å². The molecule has 10 heteroatoms. The van der Waals surface area contributed by atoms with E-state index in [1.165, 1.54) is 25.3 Å². The number of para-hydroxylation sites is 1. The zero-order valence-electron chi connectivity index (χ0n) is 17.1. The second-order valence-corrected chi connectivity index (χ2v) is 8.59. The lowest BCUT2D eigenvalue weighted by atomic mass is 10.00. The van der Waals surface area contributed by atoms with Crippen LogP contribution in [0.2, 0.25) is 0 Å². The topological polar surface area (TPSA) is 143 Å². The molecule has 0 amide bonds. The molecule has 2 rings (SSSR count). The van der Waals surface area contributed by atoms with Crippen LogP contribution in [-0.2, 0) is 25.7 Å². The second kappa shape index (κ2) is 11.9. The summed E-state index contributed by atoms with van der Waals surface area (Å²) in [5, 5.41) is 38.7. The molecule has 9 nitrogen and oxygen atoms in total. The lowest BCUT2D eigenvalue weighted by Crippen LogP contribution is -2.59. The monoisotopic (exact) mass is 448 g/mol. The highest BCUT2D eigenvalue weighted by Gasteiger charge is 2.46. The molecule has 0 bridgehead atoms. The summed E-state index contributed by atoms with van der Waals surface area (Å²) >= 11 is 0. The van der Waals surface area contributed by atoms with Crippen LogP contribution < -0.4 is 4.18 Å². The first-order valence-electron chi connectivity index (χ1n) is 10.3. The predicted molar refractivity (Wildman–Crippen MR) is 108 cm³/mol. The van der Waals surface area contributed by atoms with Crippen molar-refractivity contribution in [2.45, 2.75) is 82.6 Å². The molecule has 1 heterocycles. The summed E-state index contributed by atoms with van der Waals surface area (Å²) in [4.78, 5) is 0. The molecular formula is C20H32O9S. The van der Waals surface area contributed by atoms with Crippen molar-refractivity contribution in [1.82, 2.24) is 0 Å². The summed E-state index contributed by atoms with van der Waals surface area (Å²) in [5.41, 5.74) is 0.703. The van der Waals surface area contributed by atoms with E-state index in [0.717, 1.165) is 19.3 Å². The summed E-state index contributed by atoms with van der Waals surface area (Å²) in [6.45, 7) is 1.45. The van der Waals surface area contributed by atoms with Crippen molar-refractivity contribution in [3.05, 3.63) is 29.8 Å². The van der Waals surface area contributed by atoms with Crippen molar-refractivity contribution in [2.75, 3.05) is 6.61 Å². The maximum Gasteiger partial charge on any atom is 0.451 e. The molecule has 0 aliphatic carbocycles. The highest BCUT2D eigenvalue weighted by molar-refractivity contribution is 7.82. The van der Waals surface area contributed by atoms with Gasteiger partial charge in [0.15, 0.2) is 0 Å². The van der Waals surface area contributed by atoms with Crippen molar-refractivity contribution in [1.29, 1.82) is 0 Å². The summed E-state index contributed by atoms with van der Waals surface area (Å²) in [6, 6.07) is 6.68. The van der Waals surface area contributed by atoms with Gasteiger partial charge in [-0.25, -0.2) is 4.18 Å². The normalized spacial score (nSPS) is 27.2. The van der Waals surface area contributed by atoms with Gasteiger partial charge in [0.2, 0.25) is 6.29 Å². The first-order chi connectivity index (χ1) is 14.3. The molecule has 1 aromatic rings. The smallest absolute Gasteiger partial charge is 0.394 e. The van der Waals surface area contributed by atoms with Crippen molar-refractivity contribution in [3.8, 4) is 5.75 Å². The minimum atomic E-state index is -4.66. The maximum absolute atomic E-state index is 12.4. The van der Waals surface area contributed by atoms with E-state index >= 15 is 0 Å². The molecule has 172 valence electrons. The van der Waals surface area contributed by atoms with Crippen LogP contribution in [-0.4, -0.2) is 66.2 Å². The van der Waals surface area contributed by atoms with E-state index in [0.29, 0.717) is 12.0 Å². The molecule has 30 heavy (non-hydrogen) atoms. The fourth-order valence-corrected chi connectivity index (χ4v) is 4.09. The number of ether oxygens (including phenoxy) is 1. The van der Waals surface area contributed by atoms with Crippen molar-refractivity contribution in [3.63, 3.8) is 0 Å². The molecule has 1 aliphatic rings. The third-order valence-electron chi connectivity index (χ3n) is 5.03. The Balaban J connectivity index is 1.98. The van der Waals surface area contributed by atoms with Crippen LogP contribution in [0.4, 0.5) is 0 Å². The van der Waals surface area contributed by atoms with E-state index in [1.54, 1.807) is 18.2 Å². The molecule has 1 aliphatic heterocycles. The van der Waals surface area contributed by atoms with Gasteiger partial charge in [0.05, 0.1) is 6.61 Å². The first kappa shape index (κ1) is 25.0. The standard InChI is InChI=1S/C20H32O9S/c1-2-3-4-5-6-7-10-14-11-8-9-12-15(14)28-30(25,26)29-20-19(24)18(23)17(22)16(13-21)27-20/h8-9,11-12,16-24H,2-7,10,13H2,1H3/t16-,17-,18+,19-,20+/m1/s1. The van der Waals surface area contributed by atoms with Gasteiger partial charge in [0, 0.05) is 0 Å². The summed E-state index contributed by atoms with van der Waals surface area (Å²) < 4.78 is 39.6. The number of aliphatic hydroxyl groups is 4. The first-order valence-corrected chi connectivity index (χ1v) is 11.6. The molecule has 0 aromatic heterocycles. The predicted octanol–water partition coefficient (Wildman–Crippen LogP) is 1.03. The number of benzene rings is 1. The van der Waals surface area contributed by atoms with E-state index in [4.69, 9.17) is 13.1 Å². The average molecular weight is 449 g/mol. The molecular weight excluding hydrogens is 416 g/mol.